The summed E-state index contributed by atoms with van der Waals surface area (Å²) < 4.78 is 10.1. The number of methoxy groups -OCH3 is 1. The van der Waals surface area contributed by atoms with Gasteiger partial charge in [-0.25, -0.2) is 4.79 Å². The number of rotatable bonds is 10. The minimum absolute atomic E-state index is 0.189. The van der Waals surface area contributed by atoms with Crippen LogP contribution in [0.5, 0.6) is 0 Å². The van der Waals surface area contributed by atoms with E-state index in [1.807, 2.05) is 62.4 Å². The molecule has 0 aromatic heterocycles. The third kappa shape index (κ3) is 8.84. The van der Waals surface area contributed by atoms with Crippen molar-refractivity contribution in [1.29, 1.82) is 0 Å². The van der Waals surface area contributed by atoms with E-state index in [2.05, 4.69) is 15.4 Å². The fourth-order valence-corrected chi connectivity index (χ4v) is 4.48. The Morgan fingerprint density at radius 3 is 2.15 bits per heavy atom. The number of carbonyl (C=O) groups excluding carboxylic acids is 4. The second kappa shape index (κ2) is 12.8. The van der Waals surface area contributed by atoms with Gasteiger partial charge in [0.15, 0.2) is 0 Å². The molecule has 9 nitrogen and oxygen atoms in total. The van der Waals surface area contributed by atoms with Crippen LogP contribution < -0.4 is 10.6 Å². The number of aryl methyl sites for hydroxylation is 2. The summed E-state index contributed by atoms with van der Waals surface area (Å²) in [6, 6.07) is 12.9. The molecule has 2 aromatic carbocycles. The molecule has 1 aliphatic carbocycles. The summed E-state index contributed by atoms with van der Waals surface area (Å²) >= 11 is 0. The molecule has 0 saturated heterocycles. The predicted octanol–water partition coefficient (Wildman–Crippen LogP) is 3.76. The first-order valence-corrected chi connectivity index (χ1v) is 13.2. The summed E-state index contributed by atoms with van der Waals surface area (Å²) in [6.45, 7) is 8.76. The van der Waals surface area contributed by atoms with Gasteiger partial charge in [0, 0.05) is 12.5 Å². The zero-order valence-corrected chi connectivity index (χ0v) is 23.6. The lowest BCUT2D eigenvalue weighted by Crippen LogP contribution is -2.54. The van der Waals surface area contributed by atoms with Crippen molar-refractivity contribution in [2.75, 3.05) is 13.7 Å². The van der Waals surface area contributed by atoms with Crippen LogP contribution in [0.2, 0.25) is 0 Å². The topological polar surface area (TPSA) is 114 Å². The minimum Gasteiger partial charge on any atom is -0.468 e. The zero-order chi connectivity index (χ0) is 28.7. The lowest BCUT2D eigenvalue weighted by atomic mass is 9.97. The fourth-order valence-electron chi connectivity index (χ4n) is 4.48. The normalized spacial score (nSPS) is 14.5. The highest BCUT2D eigenvalue weighted by molar-refractivity contribution is 5.93. The van der Waals surface area contributed by atoms with E-state index in [9.17, 15) is 19.2 Å². The van der Waals surface area contributed by atoms with Gasteiger partial charge >= 0.3 is 12.1 Å². The first-order valence-electron chi connectivity index (χ1n) is 13.2. The number of carbonyl (C=O) groups is 4. The van der Waals surface area contributed by atoms with Crippen LogP contribution in [0.3, 0.4) is 0 Å². The van der Waals surface area contributed by atoms with Crippen LogP contribution in [0.25, 0.3) is 0 Å². The van der Waals surface area contributed by atoms with Gasteiger partial charge in [0.1, 0.15) is 24.2 Å². The molecule has 0 aliphatic heterocycles. The molecule has 210 valence electrons. The van der Waals surface area contributed by atoms with Gasteiger partial charge < -0.3 is 25.0 Å². The number of esters is 1. The Labute approximate surface area is 230 Å². The summed E-state index contributed by atoms with van der Waals surface area (Å²) in [5, 5.41) is 5.38. The number of amides is 3. The summed E-state index contributed by atoms with van der Waals surface area (Å²) in [4.78, 5) is 54.1. The molecule has 0 heterocycles. The van der Waals surface area contributed by atoms with Crippen LogP contribution in [0.1, 0.15) is 61.9 Å². The van der Waals surface area contributed by atoms with E-state index in [-0.39, 0.29) is 19.0 Å². The van der Waals surface area contributed by atoms with E-state index in [1.165, 1.54) is 7.11 Å². The van der Waals surface area contributed by atoms with Crippen molar-refractivity contribution in [2.24, 2.45) is 0 Å². The van der Waals surface area contributed by atoms with Gasteiger partial charge in [-0.15, -0.1) is 0 Å². The van der Waals surface area contributed by atoms with Crippen LogP contribution in [-0.4, -0.2) is 60.1 Å². The largest absolute Gasteiger partial charge is 0.468 e. The van der Waals surface area contributed by atoms with Crippen LogP contribution in [0.4, 0.5) is 4.79 Å². The molecule has 0 bridgehead atoms. The molecule has 3 rings (SSSR count). The van der Waals surface area contributed by atoms with E-state index in [0.29, 0.717) is 5.56 Å². The number of nitrogens with one attached hydrogen (secondary N) is 2. The van der Waals surface area contributed by atoms with Crippen LogP contribution in [-0.2, 0) is 30.3 Å². The van der Waals surface area contributed by atoms with Crippen molar-refractivity contribution in [3.63, 3.8) is 0 Å². The number of hydrogen-bond donors (Lipinski definition) is 2. The van der Waals surface area contributed by atoms with Gasteiger partial charge in [0.05, 0.1) is 7.11 Å². The monoisotopic (exact) mass is 537 g/mol. The third-order valence-corrected chi connectivity index (χ3v) is 6.19. The SMILES string of the molecule is COC(=O)CNC(=O)C(c1cc(C)cc(C)c1)N(C(=O)C(Cc1ccccc1)NC(=O)OC(C)(C)C)C1CC1. The fraction of sp³-hybridized carbons (Fsp3) is 0.467. The average Bonchev–Trinajstić information content (AvgIpc) is 3.68. The van der Waals surface area contributed by atoms with Crippen molar-refractivity contribution >= 4 is 23.9 Å². The summed E-state index contributed by atoms with van der Waals surface area (Å²) in [7, 11) is 1.24. The maximum atomic E-state index is 14.3. The van der Waals surface area contributed by atoms with Crippen molar-refractivity contribution in [2.45, 2.75) is 77.6 Å². The smallest absolute Gasteiger partial charge is 0.408 e. The molecule has 1 aliphatic rings. The summed E-state index contributed by atoms with van der Waals surface area (Å²) in [5.74, 6) is -1.49. The second-order valence-corrected chi connectivity index (χ2v) is 11.0. The van der Waals surface area contributed by atoms with Crippen LogP contribution >= 0.6 is 0 Å². The summed E-state index contributed by atoms with van der Waals surface area (Å²) in [6.07, 6.45) is 0.945. The van der Waals surface area contributed by atoms with Gasteiger partial charge in [-0.2, -0.15) is 0 Å². The number of benzene rings is 2. The molecule has 2 unspecified atom stereocenters. The van der Waals surface area contributed by atoms with Gasteiger partial charge in [0.25, 0.3) is 0 Å². The first-order chi connectivity index (χ1) is 18.4. The second-order valence-electron chi connectivity index (χ2n) is 11.0. The maximum absolute atomic E-state index is 14.3. The van der Waals surface area contributed by atoms with Crippen molar-refractivity contribution < 1.29 is 28.7 Å². The van der Waals surface area contributed by atoms with Gasteiger partial charge in [-0.3, -0.25) is 14.4 Å². The highest BCUT2D eigenvalue weighted by Crippen LogP contribution is 2.36. The molecule has 39 heavy (non-hydrogen) atoms. The number of nitrogens with zero attached hydrogens (tertiary/aromatic N) is 1. The van der Waals surface area contributed by atoms with Crippen molar-refractivity contribution in [3.05, 3.63) is 70.8 Å². The highest BCUT2D eigenvalue weighted by atomic mass is 16.6. The molecule has 9 heteroatoms. The minimum atomic E-state index is -1.01. The Kier molecular flexibility index (Phi) is 9.72. The molecular formula is C30H39N3O6. The van der Waals surface area contributed by atoms with E-state index in [4.69, 9.17) is 4.74 Å². The average molecular weight is 538 g/mol. The number of ether oxygens (including phenoxy) is 2. The Hall–Kier alpha value is -3.88. The molecule has 2 atom stereocenters. The predicted molar refractivity (Wildman–Crippen MR) is 147 cm³/mol. The van der Waals surface area contributed by atoms with Crippen molar-refractivity contribution in [1.82, 2.24) is 15.5 Å². The lowest BCUT2D eigenvalue weighted by Gasteiger charge is -2.35. The Morgan fingerprint density at radius 1 is 1.00 bits per heavy atom. The van der Waals surface area contributed by atoms with Crippen LogP contribution in [0, 0.1) is 13.8 Å². The molecular weight excluding hydrogens is 498 g/mol. The molecule has 0 spiro atoms. The molecule has 2 aromatic rings. The molecule has 0 radical (unpaired) electrons. The summed E-state index contributed by atoms with van der Waals surface area (Å²) in [5.41, 5.74) is 2.60. The number of alkyl carbamates (subject to hydrolysis) is 1. The molecule has 3 amide bonds. The molecule has 2 N–H and O–H groups in total. The molecule has 1 saturated carbocycles. The van der Waals surface area contributed by atoms with Crippen molar-refractivity contribution in [3.8, 4) is 0 Å². The van der Waals surface area contributed by atoms with Gasteiger partial charge in [-0.05, 0) is 58.6 Å². The first kappa shape index (κ1) is 29.7. The Balaban J connectivity index is 2.02. The standard InChI is InChI=1S/C30H39N3O6/c1-19-14-20(2)16-22(15-19)26(27(35)31-18-25(34)38-6)33(23-12-13-23)28(36)24(17-21-10-8-7-9-11-21)32-29(37)39-30(3,4)5/h7-11,14-16,23-24,26H,12-13,17-18H2,1-6H3,(H,31,35)(H,32,37). The molecule has 1 fully saturated rings. The Morgan fingerprint density at radius 2 is 1.62 bits per heavy atom. The number of hydrogen-bond acceptors (Lipinski definition) is 6. The van der Waals surface area contributed by atoms with Crippen LogP contribution in [0.15, 0.2) is 48.5 Å². The van der Waals surface area contributed by atoms with E-state index < -0.39 is 41.6 Å². The Bertz CT molecular complexity index is 1170. The van der Waals surface area contributed by atoms with E-state index >= 15 is 0 Å². The van der Waals surface area contributed by atoms with E-state index in [1.54, 1.807) is 25.7 Å². The third-order valence-electron chi connectivity index (χ3n) is 6.19. The van der Waals surface area contributed by atoms with E-state index in [0.717, 1.165) is 29.5 Å². The zero-order valence-electron chi connectivity index (χ0n) is 23.6. The quantitative estimate of drug-likeness (QED) is 0.446. The van der Waals surface area contributed by atoms with Gasteiger partial charge in [0.2, 0.25) is 11.8 Å². The highest BCUT2D eigenvalue weighted by Gasteiger charge is 2.44. The van der Waals surface area contributed by atoms with Gasteiger partial charge in [-0.1, -0.05) is 59.7 Å². The lowest BCUT2D eigenvalue weighted by molar-refractivity contribution is -0.145. The maximum Gasteiger partial charge on any atom is 0.408 e.